The molecule has 0 fully saturated rings. The van der Waals surface area contributed by atoms with Gasteiger partial charge >= 0.3 is 154 Å². The molecule has 0 aliphatic carbocycles. The van der Waals surface area contributed by atoms with Crippen LogP contribution in [0.3, 0.4) is 0 Å². The van der Waals surface area contributed by atoms with E-state index in [2.05, 4.69) is 36.7 Å². The number of hydrogen-bond acceptors (Lipinski definition) is 3. The summed E-state index contributed by atoms with van der Waals surface area (Å²) in [4.78, 5) is 0. The smallest absolute Gasteiger partial charge is 0.753 e. The van der Waals surface area contributed by atoms with Crippen LogP contribution >= 0.6 is 36.7 Å². The fourth-order valence-corrected chi connectivity index (χ4v) is 0. The minimum absolute atomic E-state index is 0. The fraction of sp³-hybridized carbons (Fsp3) is 0. The number of hydrogen-bond donors (Lipinski definition) is 0. The van der Waals surface area contributed by atoms with Gasteiger partial charge in [0.05, 0.1) is 0 Å². The van der Waals surface area contributed by atoms with Crippen LogP contribution in [-0.2, 0) is 0 Å². The third kappa shape index (κ3) is 137. The summed E-state index contributed by atoms with van der Waals surface area (Å²) in [5, 5.41) is 25.4. The molecule has 0 amide bonds. The van der Waals surface area contributed by atoms with Crippen molar-refractivity contribution in [2.45, 2.75) is 0 Å². The summed E-state index contributed by atoms with van der Waals surface area (Å²) in [6.07, 6.45) is 0. The van der Waals surface area contributed by atoms with Gasteiger partial charge < -0.3 is 16.2 Å². The monoisotopic (exact) mass is 291 g/mol. The van der Waals surface area contributed by atoms with Gasteiger partial charge in [-0.15, -0.1) is 0 Å². The quantitative estimate of drug-likeness (QED) is 0.253. The molecule has 0 radical (unpaired) electrons. The molecule has 12 heavy (non-hydrogen) atoms. The molecule has 0 atom stereocenters. The topological polar surface area (TPSA) is 66.9 Å². The molecular weight excluding hydrogens is 292 g/mol. The third-order valence-corrected chi connectivity index (χ3v) is 0. The zero-order valence-corrected chi connectivity index (χ0v) is 18.9. The first-order valence-corrected chi connectivity index (χ1v) is 2.51. The molecule has 0 heterocycles. The van der Waals surface area contributed by atoms with Gasteiger partial charge in [-0.25, -0.2) is 0 Å². The summed E-state index contributed by atoms with van der Waals surface area (Å²) in [6, 6.07) is 0. The van der Waals surface area contributed by atoms with E-state index in [4.69, 9.17) is 16.2 Å². The fourth-order valence-electron chi connectivity index (χ4n) is 0. The van der Waals surface area contributed by atoms with E-state index >= 15 is 0 Å². The Hall–Kier alpha value is 4.31. The van der Waals surface area contributed by atoms with E-state index in [9.17, 15) is 0 Å². The number of rotatable bonds is 0. The van der Waals surface area contributed by atoms with Crippen LogP contribution in [0.15, 0.2) is 0 Å². The summed E-state index contributed by atoms with van der Waals surface area (Å²) < 4.78 is 0. The molecule has 0 rings (SSSR count). The van der Waals surface area contributed by atoms with Crippen LogP contribution in [0.5, 0.6) is 0 Å². The van der Waals surface area contributed by atoms with Crippen molar-refractivity contribution >= 4 is 52.1 Å². The first-order chi connectivity index (χ1) is 4.24. The molecule has 0 spiro atoms. The molecule has 0 saturated heterocycles. The SMILES string of the molecule is [K+].[K+].[K+].[N-]=C=S.[N-]=C=S.[N-]=C=S. The first kappa shape index (κ1) is 36.0. The Kier molecular flexibility index (Phi) is 176. The molecule has 0 N–H and O–H groups in total. The number of nitrogens with zero attached hydrogens (tertiary/aromatic N) is 3. The third-order valence-electron chi connectivity index (χ3n) is 0. The van der Waals surface area contributed by atoms with Crippen LogP contribution in [0.1, 0.15) is 0 Å². The van der Waals surface area contributed by atoms with E-state index < -0.39 is 0 Å². The molecule has 0 aliphatic heterocycles. The second kappa shape index (κ2) is 58.7. The van der Waals surface area contributed by atoms with E-state index in [1.54, 1.807) is 0 Å². The predicted octanol–water partition coefficient (Wildman–Crippen LogP) is -7.01. The van der Waals surface area contributed by atoms with Gasteiger partial charge in [-0.3, -0.25) is 0 Å². The summed E-state index contributed by atoms with van der Waals surface area (Å²) in [6.45, 7) is 0. The molecule has 3 nitrogen and oxygen atoms in total. The molecular formula is C3K3N3S3. The van der Waals surface area contributed by atoms with Gasteiger partial charge in [0.25, 0.3) is 0 Å². The van der Waals surface area contributed by atoms with Crippen molar-refractivity contribution in [3.8, 4) is 0 Å². The average Bonchev–Trinajstić information content (AvgIpc) is 1.70. The van der Waals surface area contributed by atoms with E-state index in [1.165, 1.54) is 15.5 Å². The van der Waals surface area contributed by atoms with Gasteiger partial charge in [0.15, 0.2) is 0 Å². The van der Waals surface area contributed by atoms with E-state index in [0.717, 1.165) is 0 Å². The number of isothiocyanates is 3. The maximum atomic E-state index is 7.13. The van der Waals surface area contributed by atoms with Crippen molar-refractivity contribution in [2.75, 3.05) is 0 Å². The maximum Gasteiger partial charge on any atom is 1.00 e. The normalized spacial score (nSPS) is 2.00. The van der Waals surface area contributed by atoms with Crippen molar-refractivity contribution in [3.05, 3.63) is 16.2 Å². The molecule has 0 aromatic heterocycles. The van der Waals surface area contributed by atoms with Crippen LogP contribution < -0.4 is 154 Å². The molecule has 0 unspecified atom stereocenters. The van der Waals surface area contributed by atoms with Crippen LogP contribution in [0.25, 0.3) is 16.2 Å². The Bertz CT molecular complexity index is 116. The van der Waals surface area contributed by atoms with Gasteiger partial charge in [0.2, 0.25) is 0 Å². The Morgan fingerprint density at radius 3 is 0.583 bits per heavy atom. The van der Waals surface area contributed by atoms with Crippen LogP contribution in [-0.4, -0.2) is 15.5 Å². The van der Waals surface area contributed by atoms with E-state index in [1.807, 2.05) is 0 Å². The van der Waals surface area contributed by atoms with E-state index in [0.29, 0.717) is 0 Å². The van der Waals surface area contributed by atoms with Gasteiger partial charge in [-0.05, 0) is 0 Å². The van der Waals surface area contributed by atoms with Crippen molar-refractivity contribution in [1.82, 2.24) is 0 Å². The molecule has 0 saturated carbocycles. The van der Waals surface area contributed by atoms with Crippen LogP contribution in [0.2, 0.25) is 0 Å². The zero-order chi connectivity index (χ0) is 8.12. The Morgan fingerprint density at radius 2 is 0.583 bits per heavy atom. The van der Waals surface area contributed by atoms with E-state index in [-0.39, 0.29) is 154 Å². The second-order valence-electron chi connectivity index (χ2n) is 0.274. The summed E-state index contributed by atoms with van der Waals surface area (Å²) in [5.74, 6) is 0. The van der Waals surface area contributed by atoms with Crippen molar-refractivity contribution < 1.29 is 154 Å². The number of thiocarbonyl (C=S) groups is 3. The largest absolute Gasteiger partial charge is 1.00 e. The van der Waals surface area contributed by atoms with Crippen molar-refractivity contribution in [1.29, 1.82) is 0 Å². The molecule has 48 valence electrons. The summed E-state index contributed by atoms with van der Waals surface area (Å²) >= 11 is 11.1. The van der Waals surface area contributed by atoms with Gasteiger partial charge in [0, 0.05) is 0 Å². The summed E-state index contributed by atoms with van der Waals surface area (Å²) in [5.41, 5.74) is 0. The molecule has 0 aliphatic rings. The van der Waals surface area contributed by atoms with Gasteiger partial charge in [-0.1, -0.05) is 36.7 Å². The van der Waals surface area contributed by atoms with Crippen molar-refractivity contribution in [2.24, 2.45) is 0 Å². The Balaban J connectivity index is -0.00000001000. The minimum Gasteiger partial charge on any atom is -0.753 e. The van der Waals surface area contributed by atoms with Gasteiger partial charge in [-0.2, -0.15) is 15.5 Å². The molecule has 0 bridgehead atoms. The Morgan fingerprint density at radius 1 is 0.583 bits per heavy atom. The Labute approximate surface area is 215 Å². The predicted molar refractivity (Wildman–Crippen MR) is 47.9 cm³/mol. The minimum atomic E-state index is 0. The summed E-state index contributed by atoms with van der Waals surface area (Å²) in [7, 11) is 0. The first-order valence-electron chi connectivity index (χ1n) is 1.28. The maximum absolute atomic E-state index is 7.13. The average molecular weight is 292 g/mol. The van der Waals surface area contributed by atoms with Gasteiger partial charge in [0.1, 0.15) is 0 Å². The molecule has 9 heteroatoms. The molecule has 0 aromatic carbocycles. The molecule has 0 aromatic rings. The van der Waals surface area contributed by atoms with Crippen LogP contribution in [0, 0.1) is 0 Å². The second-order valence-corrected chi connectivity index (χ2v) is 0.822. The zero-order valence-electron chi connectivity index (χ0n) is 7.07. The standard InChI is InChI=1S/3CNS.3K/c3*2-1-3;;;/q3*-1;3*+1. The van der Waals surface area contributed by atoms with Crippen molar-refractivity contribution in [3.63, 3.8) is 0 Å². The van der Waals surface area contributed by atoms with Crippen LogP contribution in [0.4, 0.5) is 0 Å².